The highest BCUT2D eigenvalue weighted by Crippen LogP contribution is 2.21. The van der Waals surface area contributed by atoms with Gasteiger partial charge in [0.05, 0.1) is 31.5 Å². The second-order valence-corrected chi connectivity index (χ2v) is 5.09. The van der Waals surface area contributed by atoms with Gasteiger partial charge in [-0.3, -0.25) is 0 Å². The number of nitriles is 1. The van der Waals surface area contributed by atoms with Crippen molar-refractivity contribution in [2.45, 2.75) is 38.3 Å². The molecule has 0 bridgehead atoms. The lowest BCUT2D eigenvalue weighted by atomic mass is 10.1. The topological polar surface area (TPSA) is 54.3 Å². The number of nitrogens with one attached hydrogen (secondary N) is 1. The maximum absolute atomic E-state index is 8.93. The number of benzene rings is 1. The largest absolute Gasteiger partial charge is 0.496 e. The molecule has 1 saturated carbocycles. The molecule has 1 fully saturated rings. The summed E-state index contributed by atoms with van der Waals surface area (Å²) in [4.78, 5) is 0. The lowest BCUT2D eigenvalue weighted by Crippen LogP contribution is -2.22. The molecule has 4 nitrogen and oxygen atoms in total. The van der Waals surface area contributed by atoms with Gasteiger partial charge in [-0.05, 0) is 31.0 Å². The zero-order chi connectivity index (χ0) is 14.2. The molecule has 20 heavy (non-hydrogen) atoms. The Morgan fingerprint density at radius 2 is 2.15 bits per heavy atom. The predicted octanol–water partition coefficient (Wildman–Crippen LogP) is 2.62. The summed E-state index contributed by atoms with van der Waals surface area (Å²) < 4.78 is 11.1. The SMILES string of the molecule is COc1ccc(C#N)cc1CNCCOC1CCCC1. The van der Waals surface area contributed by atoms with Gasteiger partial charge in [-0.25, -0.2) is 0 Å². The molecule has 0 atom stereocenters. The quantitative estimate of drug-likeness (QED) is 0.777. The summed E-state index contributed by atoms with van der Waals surface area (Å²) in [6.45, 7) is 2.24. The minimum Gasteiger partial charge on any atom is -0.496 e. The molecular formula is C16H22N2O2. The Hall–Kier alpha value is -1.57. The van der Waals surface area contributed by atoms with Crippen LogP contribution in [0.3, 0.4) is 0 Å². The Bertz CT molecular complexity index is 462. The zero-order valence-electron chi connectivity index (χ0n) is 12.0. The van der Waals surface area contributed by atoms with Gasteiger partial charge in [0.2, 0.25) is 0 Å². The zero-order valence-corrected chi connectivity index (χ0v) is 12.0. The van der Waals surface area contributed by atoms with E-state index in [2.05, 4.69) is 11.4 Å². The first-order valence-corrected chi connectivity index (χ1v) is 7.23. The Balaban J connectivity index is 1.74. The maximum atomic E-state index is 8.93. The standard InChI is InChI=1S/C16H22N2O2/c1-19-16-7-6-13(11-17)10-14(16)12-18-8-9-20-15-4-2-3-5-15/h6-7,10,15,18H,2-5,8-9,12H2,1H3. The summed E-state index contributed by atoms with van der Waals surface area (Å²) in [5.74, 6) is 0.813. The van der Waals surface area contributed by atoms with Crippen LogP contribution in [0.15, 0.2) is 18.2 Å². The van der Waals surface area contributed by atoms with Crippen LogP contribution >= 0.6 is 0 Å². The number of rotatable bonds is 7. The Labute approximate surface area is 120 Å². The van der Waals surface area contributed by atoms with E-state index in [1.54, 1.807) is 13.2 Å². The molecule has 0 spiro atoms. The maximum Gasteiger partial charge on any atom is 0.123 e. The van der Waals surface area contributed by atoms with Gasteiger partial charge >= 0.3 is 0 Å². The molecule has 0 aliphatic heterocycles. The average molecular weight is 274 g/mol. The van der Waals surface area contributed by atoms with E-state index >= 15 is 0 Å². The molecule has 0 saturated heterocycles. The number of methoxy groups -OCH3 is 1. The number of ether oxygens (including phenoxy) is 2. The summed E-state index contributed by atoms with van der Waals surface area (Å²) in [6.07, 6.45) is 5.48. The summed E-state index contributed by atoms with van der Waals surface area (Å²) in [5.41, 5.74) is 1.66. The Kier molecular flexibility index (Phi) is 5.85. The van der Waals surface area contributed by atoms with Crippen LogP contribution in [0, 0.1) is 11.3 Å². The summed E-state index contributed by atoms with van der Waals surface area (Å²) >= 11 is 0. The molecule has 0 heterocycles. The van der Waals surface area contributed by atoms with E-state index in [-0.39, 0.29) is 0 Å². The first kappa shape index (κ1) is 14.8. The fraction of sp³-hybridized carbons (Fsp3) is 0.562. The van der Waals surface area contributed by atoms with Gasteiger partial charge in [0.25, 0.3) is 0 Å². The molecule has 1 N–H and O–H groups in total. The van der Waals surface area contributed by atoms with Gasteiger partial charge in [0.1, 0.15) is 5.75 Å². The normalized spacial score (nSPS) is 15.2. The van der Waals surface area contributed by atoms with Gasteiger partial charge < -0.3 is 14.8 Å². The molecule has 1 aliphatic rings. The summed E-state index contributed by atoms with van der Waals surface area (Å²) in [7, 11) is 1.65. The van der Waals surface area contributed by atoms with E-state index < -0.39 is 0 Å². The van der Waals surface area contributed by atoms with Crippen molar-refractivity contribution in [3.63, 3.8) is 0 Å². The molecule has 1 aromatic rings. The number of hydrogen-bond donors (Lipinski definition) is 1. The van der Waals surface area contributed by atoms with Crippen molar-refractivity contribution in [1.29, 1.82) is 5.26 Å². The van der Waals surface area contributed by atoms with Crippen LogP contribution in [-0.2, 0) is 11.3 Å². The van der Waals surface area contributed by atoms with Crippen molar-refractivity contribution in [2.75, 3.05) is 20.3 Å². The number of nitrogens with zero attached hydrogens (tertiary/aromatic N) is 1. The van der Waals surface area contributed by atoms with E-state index in [4.69, 9.17) is 14.7 Å². The average Bonchev–Trinajstić information content (AvgIpc) is 3.00. The molecule has 0 aromatic heterocycles. The van der Waals surface area contributed by atoms with Crippen LogP contribution in [-0.4, -0.2) is 26.4 Å². The lowest BCUT2D eigenvalue weighted by Gasteiger charge is -2.13. The summed E-state index contributed by atoms with van der Waals surface area (Å²) in [5, 5.41) is 12.3. The summed E-state index contributed by atoms with van der Waals surface area (Å²) in [6, 6.07) is 7.62. The predicted molar refractivity (Wildman–Crippen MR) is 77.6 cm³/mol. The van der Waals surface area contributed by atoms with E-state index in [1.807, 2.05) is 12.1 Å². The van der Waals surface area contributed by atoms with Crippen molar-refractivity contribution in [3.8, 4) is 11.8 Å². The van der Waals surface area contributed by atoms with Crippen molar-refractivity contribution in [3.05, 3.63) is 29.3 Å². The van der Waals surface area contributed by atoms with Gasteiger partial charge in [-0.15, -0.1) is 0 Å². The number of hydrogen-bond acceptors (Lipinski definition) is 4. The van der Waals surface area contributed by atoms with Gasteiger partial charge in [-0.1, -0.05) is 12.8 Å². The lowest BCUT2D eigenvalue weighted by molar-refractivity contribution is 0.0602. The van der Waals surface area contributed by atoms with Crippen LogP contribution in [0.5, 0.6) is 5.75 Å². The van der Waals surface area contributed by atoms with E-state index in [1.165, 1.54) is 25.7 Å². The highest BCUT2D eigenvalue weighted by molar-refractivity contribution is 5.41. The Morgan fingerprint density at radius 1 is 1.35 bits per heavy atom. The first-order chi connectivity index (χ1) is 9.83. The minimum absolute atomic E-state index is 0.466. The van der Waals surface area contributed by atoms with Crippen LogP contribution in [0.2, 0.25) is 0 Å². The van der Waals surface area contributed by atoms with E-state index in [0.29, 0.717) is 18.2 Å². The van der Waals surface area contributed by atoms with Crippen molar-refractivity contribution >= 4 is 0 Å². The first-order valence-electron chi connectivity index (χ1n) is 7.23. The molecule has 2 rings (SSSR count). The molecule has 0 radical (unpaired) electrons. The molecule has 1 aromatic carbocycles. The van der Waals surface area contributed by atoms with Crippen LogP contribution in [0.4, 0.5) is 0 Å². The van der Waals surface area contributed by atoms with Crippen molar-refractivity contribution < 1.29 is 9.47 Å². The second kappa shape index (κ2) is 7.88. The monoisotopic (exact) mass is 274 g/mol. The van der Waals surface area contributed by atoms with Crippen molar-refractivity contribution in [1.82, 2.24) is 5.32 Å². The fourth-order valence-electron chi connectivity index (χ4n) is 2.56. The van der Waals surface area contributed by atoms with E-state index in [9.17, 15) is 0 Å². The van der Waals surface area contributed by atoms with Crippen LogP contribution in [0.25, 0.3) is 0 Å². The molecular weight excluding hydrogens is 252 g/mol. The molecule has 0 unspecified atom stereocenters. The van der Waals surface area contributed by atoms with Crippen molar-refractivity contribution in [2.24, 2.45) is 0 Å². The Morgan fingerprint density at radius 3 is 2.85 bits per heavy atom. The van der Waals surface area contributed by atoms with Crippen LogP contribution < -0.4 is 10.1 Å². The highest BCUT2D eigenvalue weighted by Gasteiger charge is 2.14. The van der Waals surface area contributed by atoms with Gasteiger partial charge in [-0.2, -0.15) is 5.26 Å². The smallest absolute Gasteiger partial charge is 0.123 e. The van der Waals surface area contributed by atoms with E-state index in [0.717, 1.165) is 24.5 Å². The highest BCUT2D eigenvalue weighted by atomic mass is 16.5. The molecule has 108 valence electrons. The third kappa shape index (κ3) is 4.22. The van der Waals surface area contributed by atoms with Crippen LogP contribution in [0.1, 0.15) is 36.8 Å². The fourth-order valence-corrected chi connectivity index (χ4v) is 2.56. The van der Waals surface area contributed by atoms with Gasteiger partial charge in [0, 0.05) is 18.7 Å². The molecule has 1 aliphatic carbocycles. The third-order valence-electron chi connectivity index (χ3n) is 3.66. The second-order valence-electron chi connectivity index (χ2n) is 5.09. The minimum atomic E-state index is 0.466. The molecule has 4 heteroatoms. The van der Waals surface area contributed by atoms with Gasteiger partial charge in [0.15, 0.2) is 0 Å². The third-order valence-corrected chi connectivity index (χ3v) is 3.66. The molecule has 0 amide bonds.